The standard InChI is InChI=1S/C16H20N4O3S/c1-12(13-4-3-8-18-11-13)16(21)20-14-5-2-6-15(10-14)24(22,23)19-9-7-17/h2-6,8,10-12,19H,7,9,17H2,1H3,(H,20,21). The molecule has 0 aliphatic heterocycles. The summed E-state index contributed by atoms with van der Waals surface area (Å²) in [5.41, 5.74) is 6.50. The summed E-state index contributed by atoms with van der Waals surface area (Å²) >= 11 is 0. The summed E-state index contributed by atoms with van der Waals surface area (Å²) < 4.78 is 26.6. The number of nitrogens with one attached hydrogen (secondary N) is 2. The number of nitrogens with two attached hydrogens (primary N) is 1. The van der Waals surface area contributed by atoms with E-state index in [4.69, 9.17) is 5.73 Å². The van der Waals surface area contributed by atoms with Crippen molar-refractivity contribution in [3.8, 4) is 0 Å². The van der Waals surface area contributed by atoms with Gasteiger partial charge in [0.25, 0.3) is 0 Å². The minimum atomic E-state index is -3.64. The van der Waals surface area contributed by atoms with E-state index in [9.17, 15) is 13.2 Å². The van der Waals surface area contributed by atoms with E-state index in [1.807, 2.05) is 6.07 Å². The number of anilines is 1. The third-order valence-corrected chi connectivity index (χ3v) is 4.88. The number of amides is 1. The predicted octanol–water partition coefficient (Wildman–Crippen LogP) is 1.06. The maximum Gasteiger partial charge on any atom is 0.240 e. The molecule has 1 unspecified atom stereocenters. The molecule has 0 saturated heterocycles. The van der Waals surface area contributed by atoms with E-state index < -0.39 is 15.9 Å². The average molecular weight is 348 g/mol. The van der Waals surface area contributed by atoms with Gasteiger partial charge in [-0.25, -0.2) is 13.1 Å². The molecular weight excluding hydrogens is 328 g/mol. The van der Waals surface area contributed by atoms with E-state index in [-0.39, 0.29) is 23.9 Å². The Hall–Kier alpha value is -2.29. The van der Waals surface area contributed by atoms with Crippen molar-refractivity contribution in [3.05, 3.63) is 54.4 Å². The Balaban J connectivity index is 2.13. The summed E-state index contributed by atoms with van der Waals surface area (Å²) in [4.78, 5) is 16.4. The van der Waals surface area contributed by atoms with Crippen LogP contribution in [0.15, 0.2) is 53.7 Å². The number of sulfonamides is 1. The number of benzene rings is 1. The van der Waals surface area contributed by atoms with Crippen LogP contribution in [0.25, 0.3) is 0 Å². The maximum absolute atomic E-state index is 12.3. The molecule has 0 aliphatic carbocycles. The monoisotopic (exact) mass is 348 g/mol. The summed E-state index contributed by atoms with van der Waals surface area (Å²) in [5.74, 6) is -0.651. The van der Waals surface area contributed by atoms with E-state index in [0.717, 1.165) is 5.56 Å². The lowest BCUT2D eigenvalue weighted by Crippen LogP contribution is -2.29. The third kappa shape index (κ3) is 4.60. The zero-order valence-electron chi connectivity index (χ0n) is 13.3. The number of carbonyl (C=O) groups excluding carboxylic acids is 1. The minimum absolute atomic E-state index is 0.0720. The van der Waals surface area contributed by atoms with Crippen LogP contribution < -0.4 is 15.8 Å². The topological polar surface area (TPSA) is 114 Å². The van der Waals surface area contributed by atoms with Crippen molar-refractivity contribution in [2.24, 2.45) is 5.73 Å². The van der Waals surface area contributed by atoms with Crippen LogP contribution in [0.4, 0.5) is 5.69 Å². The molecule has 2 rings (SSSR count). The minimum Gasteiger partial charge on any atom is -0.329 e. The Morgan fingerprint density at radius 1 is 1.29 bits per heavy atom. The van der Waals surface area contributed by atoms with Crippen LogP contribution in [0.2, 0.25) is 0 Å². The number of rotatable bonds is 7. The molecule has 2 aromatic rings. The second-order valence-corrected chi connectivity index (χ2v) is 6.98. The van der Waals surface area contributed by atoms with Crippen molar-refractivity contribution >= 4 is 21.6 Å². The highest BCUT2D eigenvalue weighted by Gasteiger charge is 2.17. The van der Waals surface area contributed by atoms with Gasteiger partial charge in [0.1, 0.15) is 0 Å². The zero-order valence-corrected chi connectivity index (χ0v) is 14.1. The quantitative estimate of drug-likeness (QED) is 0.692. The Bertz CT molecular complexity index is 794. The van der Waals surface area contributed by atoms with Crippen molar-refractivity contribution < 1.29 is 13.2 Å². The molecule has 4 N–H and O–H groups in total. The molecule has 24 heavy (non-hydrogen) atoms. The Morgan fingerprint density at radius 3 is 2.75 bits per heavy atom. The van der Waals surface area contributed by atoms with Crippen LogP contribution >= 0.6 is 0 Å². The van der Waals surface area contributed by atoms with Crippen LogP contribution in [-0.4, -0.2) is 32.4 Å². The third-order valence-electron chi connectivity index (χ3n) is 3.43. The lowest BCUT2D eigenvalue weighted by molar-refractivity contribution is -0.117. The molecular formula is C16H20N4O3S. The molecule has 0 radical (unpaired) electrons. The molecule has 0 fully saturated rings. The Morgan fingerprint density at radius 2 is 2.08 bits per heavy atom. The summed E-state index contributed by atoms with van der Waals surface area (Å²) in [6, 6.07) is 9.65. The Labute approximate surface area is 141 Å². The average Bonchev–Trinajstić information content (AvgIpc) is 2.60. The van der Waals surface area contributed by atoms with Crippen molar-refractivity contribution in [3.63, 3.8) is 0 Å². The summed E-state index contributed by atoms with van der Waals surface area (Å²) in [7, 11) is -3.64. The maximum atomic E-state index is 12.3. The Kier molecular flexibility index (Phi) is 6.02. The van der Waals surface area contributed by atoms with E-state index in [0.29, 0.717) is 5.69 Å². The number of carbonyl (C=O) groups is 1. The highest BCUT2D eigenvalue weighted by atomic mass is 32.2. The van der Waals surface area contributed by atoms with Crippen LogP contribution in [0.3, 0.4) is 0 Å². The lowest BCUT2D eigenvalue weighted by Gasteiger charge is -2.13. The number of nitrogens with zero attached hydrogens (tertiary/aromatic N) is 1. The largest absolute Gasteiger partial charge is 0.329 e. The second-order valence-electron chi connectivity index (χ2n) is 5.21. The molecule has 0 aliphatic rings. The van der Waals surface area contributed by atoms with Crippen LogP contribution in [0, 0.1) is 0 Å². The summed E-state index contributed by atoms with van der Waals surface area (Å²) in [5, 5.41) is 2.73. The van der Waals surface area contributed by atoms with Gasteiger partial charge in [0.15, 0.2) is 0 Å². The number of hydrogen-bond acceptors (Lipinski definition) is 5. The normalized spacial score (nSPS) is 12.6. The molecule has 128 valence electrons. The van der Waals surface area contributed by atoms with Gasteiger partial charge in [-0.1, -0.05) is 12.1 Å². The first kappa shape index (κ1) is 18.1. The van der Waals surface area contributed by atoms with Crippen molar-refractivity contribution in [1.82, 2.24) is 9.71 Å². The van der Waals surface area contributed by atoms with Gasteiger partial charge < -0.3 is 11.1 Å². The fraction of sp³-hybridized carbons (Fsp3) is 0.250. The molecule has 1 heterocycles. The molecule has 1 amide bonds. The highest BCUT2D eigenvalue weighted by molar-refractivity contribution is 7.89. The van der Waals surface area contributed by atoms with Crippen LogP contribution in [0.5, 0.6) is 0 Å². The van der Waals surface area contributed by atoms with Crippen molar-refractivity contribution in [2.75, 3.05) is 18.4 Å². The first-order valence-electron chi connectivity index (χ1n) is 7.44. The number of hydrogen-bond donors (Lipinski definition) is 3. The molecule has 8 heteroatoms. The summed E-state index contributed by atoms with van der Waals surface area (Å²) in [6.07, 6.45) is 3.26. The van der Waals surface area contributed by atoms with Gasteiger partial charge in [-0.2, -0.15) is 0 Å². The second kappa shape index (κ2) is 8.00. The van der Waals surface area contributed by atoms with E-state index in [1.165, 1.54) is 12.1 Å². The molecule has 0 spiro atoms. The van der Waals surface area contributed by atoms with Gasteiger partial charge in [-0.15, -0.1) is 0 Å². The van der Waals surface area contributed by atoms with Gasteiger partial charge in [-0.05, 0) is 36.8 Å². The first-order valence-corrected chi connectivity index (χ1v) is 8.93. The smallest absolute Gasteiger partial charge is 0.240 e. The predicted molar refractivity (Wildman–Crippen MR) is 92.0 cm³/mol. The highest BCUT2D eigenvalue weighted by Crippen LogP contribution is 2.19. The molecule has 7 nitrogen and oxygen atoms in total. The molecule has 1 aromatic carbocycles. The fourth-order valence-electron chi connectivity index (χ4n) is 2.05. The van der Waals surface area contributed by atoms with Crippen LogP contribution in [-0.2, 0) is 14.8 Å². The van der Waals surface area contributed by atoms with Gasteiger partial charge >= 0.3 is 0 Å². The SMILES string of the molecule is CC(C(=O)Nc1cccc(S(=O)(=O)NCCN)c1)c1cccnc1. The summed E-state index contributed by atoms with van der Waals surface area (Å²) in [6.45, 7) is 2.12. The van der Waals surface area contributed by atoms with Gasteiger partial charge in [0.05, 0.1) is 10.8 Å². The van der Waals surface area contributed by atoms with E-state index in [1.54, 1.807) is 37.5 Å². The molecule has 0 saturated carbocycles. The first-order chi connectivity index (χ1) is 11.4. The van der Waals surface area contributed by atoms with E-state index in [2.05, 4.69) is 15.0 Å². The fourth-order valence-corrected chi connectivity index (χ4v) is 3.14. The lowest BCUT2D eigenvalue weighted by atomic mass is 10.0. The van der Waals surface area contributed by atoms with Crippen LogP contribution in [0.1, 0.15) is 18.4 Å². The van der Waals surface area contributed by atoms with Gasteiger partial charge in [0, 0.05) is 31.2 Å². The van der Waals surface area contributed by atoms with E-state index >= 15 is 0 Å². The van der Waals surface area contributed by atoms with Gasteiger partial charge in [0.2, 0.25) is 15.9 Å². The van der Waals surface area contributed by atoms with Crippen molar-refractivity contribution in [2.45, 2.75) is 17.7 Å². The number of aromatic nitrogens is 1. The van der Waals surface area contributed by atoms with Crippen molar-refractivity contribution in [1.29, 1.82) is 0 Å². The zero-order chi connectivity index (χ0) is 17.6. The molecule has 1 atom stereocenters. The molecule has 1 aromatic heterocycles. The number of pyridine rings is 1. The van der Waals surface area contributed by atoms with Gasteiger partial charge in [-0.3, -0.25) is 9.78 Å². The molecule has 0 bridgehead atoms.